The summed E-state index contributed by atoms with van der Waals surface area (Å²) in [6.45, 7) is 2.45. The summed E-state index contributed by atoms with van der Waals surface area (Å²) in [5.74, 6) is 0.240. The molecule has 0 aliphatic carbocycles. The molecule has 0 aliphatic heterocycles. The second-order valence-electron chi connectivity index (χ2n) is 7.51. The number of nitrogen functional groups attached to an aromatic ring is 1. The van der Waals surface area contributed by atoms with Crippen LogP contribution in [0.1, 0.15) is 30.9 Å². The van der Waals surface area contributed by atoms with E-state index in [1.807, 2.05) is 49.4 Å². The molecule has 0 spiro atoms. The summed E-state index contributed by atoms with van der Waals surface area (Å²) in [4.78, 5) is 42.0. The fourth-order valence-corrected chi connectivity index (χ4v) is 3.38. The summed E-state index contributed by atoms with van der Waals surface area (Å²) in [5, 5.41) is 0. The first-order valence-electron chi connectivity index (χ1n) is 10.7. The van der Waals surface area contributed by atoms with Crippen LogP contribution in [0.2, 0.25) is 0 Å². The van der Waals surface area contributed by atoms with Crippen LogP contribution in [0.5, 0.6) is 5.75 Å². The highest BCUT2D eigenvalue weighted by molar-refractivity contribution is 6.05. The van der Waals surface area contributed by atoms with Crippen molar-refractivity contribution in [3.63, 3.8) is 0 Å². The fraction of sp³-hybridized carbons (Fsp3) is 0.240. The molecule has 8 heteroatoms. The number of methoxy groups -OCH3 is 1. The number of nitrogens with zero attached hydrogens (tertiary/aromatic N) is 2. The number of hydrogen-bond acceptors (Lipinski definition) is 5. The van der Waals surface area contributed by atoms with Gasteiger partial charge in [0.1, 0.15) is 11.6 Å². The topological polar surface area (TPSA) is 110 Å². The van der Waals surface area contributed by atoms with Crippen LogP contribution < -0.4 is 26.6 Å². The molecule has 3 N–H and O–H groups in total. The highest BCUT2D eigenvalue weighted by Crippen LogP contribution is 2.21. The Morgan fingerprint density at radius 1 is 1.12 bits per heavy atom. The Balaban J connectivity index is 2.02. The Morgan fingerprint density at radius 3 is 2.45 bits per heavy atom. The molecule has 0 unspecified atom stereocenters. The van der Waals surface area contributed by atoms with E-state index in [2.05, 4.69) is 4.98 Å². The van der Waals surface area contributed by atoms with E-state index in [1.165, 1.54) is 15.5 Å². The van der Waals surface area contributed by atoms with Gasteiger partial charge in [0, 0.05) is 12.6 Å². The van der Waals surface area contributed by atoms with Gasteiger partial charge in [-0.15, -0.1) is 0 Å². The number of unbranched alkanes of at least 4 members (excludes halogenated alkanes) is 1. The van der Waals surface area contributed by atoms with Gasteiger partial charge in [-0.2, -0.15) is 0 Å². The molecule has 172 valence electrons. The Hall–Kier alpha value is -4.07. The second-order valence-corrected chi connectivity index (χ2v) is 7.51. The first-order valence-corrected chi connectivity index (χ1v) is 10.7. The van der Waals surface area contributed by atoms with Crippen LogP contribution in [0, 0.1) is 0 Å². The summed E-state index contributed by atoms with van der Waals surface area (Å²) in [5.41, 5.74) is 6.54. The van der Waals surface area contributed by atoms with Gasteiger partial charge < -0.3 is 10.5 Å². The van der Waals surface area contributed by atoms with Crippen LogP contribution >= 0.6 is 0 Å². The molecule has 1 amide bonds. The number of aromatic nitrogens is 2. The number of anilines is 2. The van der Waals surface area contributed by atoms with E-state index in [9.17, 15) is 14.4 Å². The van der Waals surface area contributed by atoms with Crippen molar-refractivity contribution < 1.29 is 9.53 Å². The maximum absolute atomic E-state index is 13.3. The number of ether oxygens (including phenoxy) is 1. The van der Waals surface area contributed by atoms with Crippen LogP contribution in [0.15, 0.2) is 70.3 Å². The number of rotatable bonds is 9. The van der Waals surface area contributed by atoms with E-state index in [0.29, 0.717) is 18.7 Å². The molecule has 0 saturated heterocycles. The normalized spacial score (nSPS) is 11.0. The number of nitrogens with one attached hydrogen (secondary N) is 1. The first kappa shape index (κ1) is 23.6. The Bertz CT molecular complexity index is 1230. The summed E-state index contributed by atoms with van der Waals surface area (Å²) >= 11 is 0. The molecular weight excluding hydrogens is 420 g/mol. The lowest BCUT2D eigenvalue weighted by molar-refractivity contribution is -0.114. The average molecular weight is 449 g/mol. The molecule has 0 radical (unpaired) electrons. The molecule has 0 saturated carbocycles. The minimum absolute atomic E-state index is 0.0284. The standard InChI is InChI=1S/C25H28N4O4/c1-3-4-16-28-23(26)22(24(31)27-25(28)32)29(17-19-8-6-5-7-9-19)21(30)15-12-18-10-13-20(33-2)14-11-18/h5-15H,3-4,16-17,26H2,1-2H3,(H,27,31,32)/b15-12+. The quantitative estimate of drug-likeness (QED) is 0.489. The first-order chi connectivity index (χ1) is 15.9. The Kier molecular flexibility index (Phi) is 7.86. The third-order valence-corrected chi connectivity index (χ3v) is 5.20. The van der Waals surface area contributed by atoms with Gasteiger partial charge in [0.15, 0.2) is 5.69 Å². The van der Waals surface area contributed by atoms with Gasteiger partial charge in [-0.1, -0.05) is 55.8 Å². The highest BCUT2D eigenvalue weighted by Gasteiger charge is 2.23. The van der Waals surface area contributed by atoms with Crippen LogP contribution in [0.3, 0.4) is 0 Å². The highest BCUT2D eigenvalue weighted by atomic mass is 16.5. The Labute approximate surface area is 191 Å². The molecule has 0 fully saturated rings. The summed E-state index contributed by atoms with van der Waals surface area (Å²) < 4.78 is 6.46. The summed E-state index contributed by atoms with van der Waals surface area (Å²) in [6, 6.07) is 16.5. The van der Waals surface area contributed by atoms with Crippen molar-refractivity contribution in [2.45, 2.75) is 32.9 Å². The maximum Gasteiger partial charge on any atom is 0.330 e. The van der Waals surface area contributed by atoms with E-state index in [4.69, 9.17) is 10.5 Å². The van der Waals surface area contributed by atoms with Crippen molar-refractivity contribution in [2.75, 3.05) is 17.7 Å². The number of carbonyl (C=O) groups excluding carboxylic acids is 1. The van der Waals surface area contributed by atoms with Gasteiger partial charge in [-0.25, -0.2) is 4.79 Å². The predicted octanol–water partition coefficient (Wildman–Crippen LogP) is 3.17. The molecule has 33 heavy (non-hydrogen) atoms. The molecule has 1 heterocycles. The van der Waals surface area contributed by atoms with Gasteiger partial charge in [-0.3, -0.25) is 24.0 Å². The van der Waals surface area contributed by atoms with Crippen LogP contribution in [0.25, 0.3) is 6.08 Å². The van der Waals surface area contributed by atoms with Crippen molar-refractivity contribution in [1.29, 1.82) is 0 Å². The molecule has 0 aliphatic rings. The van der Waals surface area contributed by atoms with Crippen LogP contribution in [-0.2, 0) is 17.9 Å². The third-order valence-electron chi connectivity index (χ3n) is 5.20. The smallest absolute Gasteiger partial charge is 0.330 e. The molecule has 8 nitrogen and oxygen atoms in total. The lowest BCUT2D eigenvalue weighted by Gasteiger charge is -2.23. The molecule has 1 aromatic heterocycles. The van der Waals surface area contributed by atoms with E-state index >= 15 is 0 Å². The fourth-order valence-electron chi connectivity index (χ4n) is 3.38. The molecular formula is C25H28N4O4. The zero-order valence-corrected chi connectivity index (χ0v) is 18.8. The Morgan fingerprint density at radius 2 is 1.82 bits per heavy atom. The van der Waals surface area contributed by atoms with E-state index < -0.39 is 17.2 Å². The largest absolute Gasteiger partial charge is 0.497 e. The molecule has 3 aromatic rings. The number of nitrogens with two attached hydrogens (primary N) is 1. The van der Waals surface area contributed by atoms with Crippen molar-refractivity contribution in [3.05, 3.63) is 92.6 Å². The molecule has 0 bridgehead atoms. The van der Waals surface area contributed by atoms with Crippen molar-refractivity contribution >= 4 is 23.5 Å². The SMILES string of the molecule is CCCCn1c(N)c(N(Cc2ccccc2)C(=O)/C=C/c2ccc(OC)cc2)c(=O)[nH]c1=O. The predicted molar refractivity (Wildman–Crippen MR) is 130 cm³/mol. The van der Waals surface area contributed by atoms with Crippen molar-refractivity contribution in [2.24, 2.45) is 0 Å². The van der Waals surface area contributed by atoms with Crippen LogP contribution in [0.4, 0.5) is 11.5 Å². The van der Waals surface area contributed by atoms with Gasteiger partial charge >= 0.3 is 5.69 Å². The lowest BCUT2D eigenvalue weighted by Crippen LogP contribution is -2.40. The number of carbonyl (C=O) groups is 1. The molecule has 0 atom stereocenters. The second kappa shape index (κ2) is 11.0. The zero-order valence-electron chi connectivity index (χ0n) is 18.8. The number of aromatic amines is 1. The van der Waals surface area contributed by atoms with Crippen molar-refractivity contribution in [1.82, 2.24) is 9.55 Å². The van der Waals surface area contributed by atoms with Gasteiger partial charge in [0.25, 0.3) is 11.5 Å². The number of amides is 1. The summed E-state index contributed by atoms with van der Waals surface area (Å²) in [7, 11) is 1.58. The van der Waals surface area contributed by atoms with Gasteiger partial charge in [-0.05, 0) is 35.8 Å². The minimum Gasteiger partial charge on any atom is -0.497 e. The average Bonchev–Trinajstić information content (AvgIpc) is 2.82. The van der Waals surface area contributed by atoms with Gasteiger partial charge in [0.2, 0.25) is 0 Å². The van der Waals surface area contributed by atoms with Crippen LogP contribution in [-0.4, -0.2) is 22.6 Å². The number of benzene rings is 2. The number of H-pyrrole nitrogens is 1. The third kappa shape index (κ3) is 5.79. The number of hydrogen-bond donors (Lipinski definition) is 2. The van der Waals surface area contributed by atoms with Gasteiger partial charge in [0.05, 0.1) is 13.7 Å². The minimum atomic E-state index is -0.702. The monoisotopic (exact) mass is 448 g/mol. The lowest BCUT2D eigenvalue weighted by atomic mass is 10.1. The summed E-state index contributed by atoms with van der Waals surface area (Å²) in [6.07, 6.45) is 4.58. The molecule has 2 aromatic carbocycles. The maximum atomic E-state index is 13.3. The zero-order chi connectivity index (χ0) is 23.8. The molecule has 3 rings (SSSR count). The van der Waals surface area contributed by atoms with E-state index in [1.54, 1.807) is 25.3 Å². The van der Waals surface area contributed by atoms with E-state index in [-0.39, 0.29) is 18.1 Å². The van der Waals surface area contributed by atoms with Crippen molar-refractivity contribution in [3.8, 4) is 5.75 Å². The van der Waals surface area contributed by atoms with E-state index in [0.717, 1.165) is 17.5 Å².